The minimum Gasteiger partial charge on any atom is -0.508 e. The molecule has 1 N–H and O–H groups in total. The number of aromatic hydroxyl groups is 1. The number of rotatable bonds is 3. The molecule has 22 heavy (non-hydrogen) atoms. The molecule has 0 radical (unpaired) electrons. The van der Waals surface area contributed by atoms with Gasteiger partial charge in [0.2, 0.25) is 0 Å². The number of amides is 1. The van der Waals surface area contributed by atoms with Crippen molar-refractivity contribution < 1.29 is 9.90 Å². The quantitative estimate of drug-likeness (QED) is 0.797. The molecule has 0 saturated heterocycles. The van der Waals surface area contributed by atoms with Gasteiger partial charge in [0.05, 0.1) is 0 Å². The van der Waals surface area contributed by atoms with Gasteiger partial charge in [-0.1, -0.05) is 42.5 Å². The van der Waals surface area contributed by atoms with Gasteiger partial charge >= 0.3 is 0 Å². The number of carbonyl (C=O) groups is 1. The van der Waals surface area contributed by atoms with Crippen LogP contribution in [0.15, 0.2) is 66.7 Å². The van der Waals surface area contributed by atoms with Crippen LogP contribution in [-0.4, -0.2) is 23.0 Å². The molecule has 0 saturated carbocycles. The molecule has 0 aliphatic carbocycles. The van der Waals surface area contributed by atoms with Crippen molar-refractivity contribution >= 4 is 16.7 Å². The molecule has 0 aliphatic rings. The average molecular weight is 291 g/mol. The molecule has 3 rings (SSSR count). The first-order valence-electron chi connectivity index (χ1n) is 7.16. The Morgan fingerprint density at radius 1 is 0.955 bits per heavy atom. The van der Waals surface area contributed by atoms with E-state index in [1.165, 1.54) is 0 Å². The summed E-state index contributed by atoms with van der Waals surface area (Å²) in [5.74, 6) is 0.214. The van der Waals surface area contributed by atoms with Gasteiger partial charge < -0.3 is 10.0 Å². The Morgan fingerprint density at radius 3 is 2.41 bits per heavy atom. The summed E-state index contributed by atoms with van der Waals surface area (Å²) < 4.78 is 0. The van der Waals surface area contributed by atoms with Gasteiger partial charge in [-0.25, -0.2) is 0 Å². The Hall–Kier alpha value is -2.81. The van der Waals surface area contributed by atoms with Crippen molar-refractivity contribution in [2.45, 2.75) is 6.54 Å². The van der Waals surface area contributed by atoms with Crippen molar-refractivity contribution in [2.75, 3.05) is 7.05 Å². The zero-order valence-corrected chi connectivity index (χ0v) is 12.4. The summed E-state index contributed by atoms with van der Waals surface area (Å²) in [6, 6.07) is 20.6. The van der Waals surface area contributed by atoms with Crippen molar-refractivity contribution in [1.82, 2.24) is 4.90 Å². The Balaban J connectivity index is 1.83. The zero-order chi connectivity index (χ0) is 15.5. The van der Waals surface area contributed by atoms with Crippen LogP contribution in [-0.2, 0) is 6.54 Å². The molecule has 3 aromatic carbocycles. The molecule has 3 heteroatoms. The van der Waals surface area contributed by atoms with E-state index < -0.39 is 0 Å². The summed E-state index contributed by atoms with van der Waals surface area (Å²) in [6.45, 7) is 0.577. The summed E-state index contributed by atoms with van der Waals surface area (Å²) in [7, 11) is 1.80. The lowest BCUT2D eigenvalue weighted by Gasteiger charge is -2.17. The van der Waals surface area contributed by atoms with Gasteiger partial charge in [0, 0.05) is 19.2 Å². The van der Waals surface area contributed by atoms with Crippen LogP contribution in [0.1, 0.15) is 15.9 Å². The van der Waals surface area contributed by atoms with E-state index >= 15 is 0 Å². The highest BCUT2D eigenvalue weighted by Crippen LogP contribution is 2.21. The first-order chi connectivity index (χ1) is 10.6. The largest absolute Gasteiger partial charge is 0.508 e. The maximum absolute atomic E-state index is 12.5. The molecule has 3 aromatic rings. The number of hydrogen-bond donors (Lipinski definition) is 1. The fraction of sp³-hybridized carbons (Fsp3) is 0.105. The highest BCUT2D eigenvalue weighted by atomic mass is 16.3. The summed E-state index contributed by atoms with van der Waals surface area (Å²) in [6.07, 6.45) is 0. The SMILES string of the molecule is CN(Cc1ccccc1)C(=O)c1ccc2cc(O)ccc2c1. The number of carbonyl (C=O) groups excluding carboxylic acids is 1. The normalized spacial score (nSPS) is 10.6. The second-order valence-corrected chi connectivity index (χ2v) is 5.39. The predicted octanol–water partition coefficient (Wildman–Crippen LogP) is 3.82. The maximum Gasteiger partial charge on any atom is 0.253 e. The van der Waals surface area contributed by atoms with Crippen molar-refractivity contribution in [1.29, 1.82) is 0 Å². The van der Waals surface area contributed by atoms with E-state index in [2.05, 4.69) is 0 Å². The predicted molar refractivity (Wildman–Crippen MR) is 87.9 cm³/mol. The molecule has 0 aliphatic heterocycles. The van der Waals surface area contributed by atoms with Crippen LogP contribution < -0.4 is 0 Å². The Kier molecular flexibility index (Phi) is 3.79. The van der Waals surface area contributed by atoms with Crippen LogP contribution in [0.5, 0.6) is 5.75 Å². The second-order valence-electron chi connectivity index (χ2n) is 5.39. The van der Waals surface area contributed by atoms with E-state index in [1.54, 1.807) is 30.1 Å². The highest BCUT2D eigenvalue weighted by Gasteiger charge is 2.12. The van der Waals surface area contributed by atoms with Crippen LogP contribution in [0.4, 0.5) is 0 Å². The van der Waals surface area contributed by atoms with E-state index in [0.717, 1.165) is 16.3 Å². The minimum atomic E-state index is -0.0150. The maximum atomic E-state index is 12.5. The molecule has 110 valence electrons. The summed E-state index contributed by atoms with van der Waals surface area (Å²) in [5, 5.41) is 11.3. The van der Waals surface area contributed by atoms with Crippen molar-refractivity contribution in [3.05, 3.63) is 77.9 Å². The number of benzene rings is 3. The Bertz CT molecular complexity index is 812. The molecule has 3 nitrogen and oxygen atoms in total. The number of fused-ring (bicyclic) bond motifs is 1. The molecular formula is C19H17NO2. The molecule has 0 atom stereocenters. The van der Waals surface area contributed by atoms with E-state index in [-0.39, 0.29) is 11.7 Å². The monoisotopic (exact) mass is 291 g/mol. The standard InChI is InChI=1S/C19H17NO2/c1-20(13-14-5-3-2-4-6-14)19(22)17-8-7-16-12-18(21)10-9-15(16)11-17/h2-12,21H,13H2,1H3. The van der Waals surface area contributed by atoms with Gasteiger partial charge in [0.25, 0.3) is 5.91 Å². The third-order valence-corrected chi connectivity index (χ3v) is 3.68. The van der Waals surface area contributed by atoms with Crippen LogP contribution in [0.3, 0.4) is 0 Å². The fourth-order valence-corrected chi connectivity index (χ4v) is 2.52. The molecule has 0 spiro atoms. The van der Waals surface area contributed by atoms with Crippen LogP contribution >= 0.6 is 0 Å². The summed E-state index contributed by atoms with van der Waals surface area (Å²) >= 11 is 0. The van der Waals surface area contributed by atoms with Gasteiger partial charge in [0.15, 0.2) is 0 Å². The third kappa shape index (κ3) is 2.93. The number of phenols is 1. The van der Waals surface area contributed by atoms with Crippen LogP contribution in [0.25, 0.3) is 10.8 Å². The van der Waals surface area contributed by atoms with Gasteiger partial charge in [-0.2, -0.15) is 0 Å². The van der Waals surface area contributed by atoms with E-state index in [9.17, 15) is 9.90 Å². The first kappa shape index (κ1) is 14.1. The molecule has 0 aromatic heterocycles. The second kappa shape index (κ2) is 5.90. The third-order valence-electron chi connectivity index (χ3n) is 3.68. The number of hydrogen-bond acceptors (Lipinski definition) is 2. The average Bonchev–Trinajstić information content (AvgIpc) is 2.54. The number of nitrogens with zero attached hydrogens (tertiary/aromatic N) is 1. The lowest BCUT2D eigenvalue weighted by atomic mass is 10.1. The van der Waals surface area contributed by atoms with Gasteiger partial charge in [0.1, 0.15) is 5.75 Å². The smallest absolute Gasteiger partial charge is 0.253 e. The Morgan fingerprint density at radius 2 is 1.64 bits per heavy atom. The highest BCUT2D eigenvalue weighted by molar-refractivity contribution is 5.98. The number of phenolic OH excluding ortho intramolecular Hbond substituents is 1. The van der Waals surface area contributed by atoms with Gasteiger partial charge in [-0.15, -0.1) is 0 Å². The lowest BCUT2D eigenvalue weighted by Crippen LogP contribution is -2.26. The molecule has 0 fully saturated rings. The van der Waals surface area contributed by atoms with Crippen LogP contribution in [0, 0.1) is 0 Å². The van der Waals surface area contributed by atoms with Crippen LogP contribution in [0.2, 0.25) is 0 Å². The topological polar surface area (TPSA) is 40.5 Å². The Labute approximate surface area is 129 Å². The van der Waals surface area contributed by atoms with Gasteiger partial charge in [-0.3, -0.25) is 4.79 Å². The van der Waals surface area contributed by atoms with Crippen molar-refractivity contribution in [3.63, 3.8) is 0 Å². The zero-order valence-electron chi connectivity index (χ0n) is 12.4. The minimum absolute atomic E-state index is 0.0150. The molecule has 0 bridgehead atoms. The van der Waals surface area contributed by atoms with Crippen molar-refractivity contribution in [2.24, 2.45) is 0 Å². The summed E-state index contributed by atoms with van der Waals surface area (Å²) in [5.41, 5.74) is 1.75. The van der Waals surface area contributed by atoms with Gasteiger partial charge in [-0.05, 0) is 40.6 Å². The molecular weight excluding hydrogens is 274 g/mol. The molecule has 0 heterocycles. The van der Waals surface area contributed by atoms with E-state index in [4.69, 9.17) is 0 Å². The lowest BCUT2D eigenvalue weighted by molar-refractivity contribution is 0.0785. The first-order valence-corrected chi connectivity index (χ1v) is 7.16. The molecule has 1 amide bonds. The van der Waals surface area contributed by atoms with Crippen molar-refractivity contribution in [3.8, 4) is 5.75 Å². The van der Waals surface area contributed by atoms with E-state index in [0.29, 0.717) is 12.1 Å². The van der Waals surface area contributed by atoms with E-state index in [1.807, 2.05) is 48.5 Å². The fourth-order valence-electron chi connectivity index (χ4n) is 2.52. The summed E-state index contributed by atoms with van der Waals surface area (Å²) in [4.78, 5) is 14.2. The molecule has 0 unspecified atom stereocenters.